The normalized spacial score (nSPS) is 18.2. The zero-order chi connectivity index (χ0) is 9.84. The zero-order valence-electron chi connectivity index (χ0n) is 7.25. The summed E-state index contributed by atoms with van der Waals surface area (Å²) in [5.41, 5.74) is 0.176. The van der Waals surface area contributed by atoms with Gasteiger partial charge in [-0.25, -0.2) is 9.59 Å². The topological polar surface area (TPSA) is 74.6 Å². The molecule has 4 nitrogen and oxygen atoms in total. The van der Waals surface area contributed by atoms with Gasteiger partial charge in [-0.2, -0.15) is 0 Å². The lowest BCUT2D eigenvalue weighted by Crippen LogP contribution is -2.10. The first-order chi connectivity index (χ1) is 6.13. The van der Waals surface area contributed by atoms with Gasteiger partial charge in [-0.05, 0) is 25.7 Å². The quantitative estimate of drug-likeness (QED) is 0.680. The molecule has 0 atom stereocenters. The molecule has 1 aliphatic carbocycles. The lowest BCUT2D eigenvalue weighted by Gasteiger charge is -2.02. The van der Waals surface area contributed by atoms with Gasteiger partial charge in [-0.3, -0.25) is 0 Å². The van der Waals surface area contributed by atoms with E-state index in [-0.39, 0.29) is 11.1 Å². The van der Waals surface area contributed by atoms with Crippen LogP contribution in [0.5, 0.6) is 0 Å². The molecule has 0 fully saturated rings. The lowest BCUT2D eigenvalue weighted by atomic mass is 10.0. The van der Waals surface area contributed by atoms with E-state index in [0.717, 1.165) is 19.3 Å². The summed E-state index contributed by atoms with van der Waals surface area (Å²) in [6.07, 6.45) is 3.23. The first-order valence-electron chi connectivity index (χ1n) is 4.31. The van der Waals surface area contributed by atoms with Crippen LogP contribution in [0.3, 0.4) is 0 Å². The van der Waals surface area contributed by atoms with Gasteiger partial charge in [0.1, 0.15) is 0 Å². The maximum atomic E-state index is 10.7. The van der Waals surface area contributed by atoms with Crippen molar-refractivity contribution in [2.75, 3.05) is 0 Å². The van der Waals surface area contributed by atoms with Gasteiger partial charge in [0.05, 0.1) is 0 Å². The van der Waals surface area contributed by atoms with Gasteiger partial charge in [0.2, 0.25) is 0 Å². The number of aliphatic carboxylic acids is 2. The van der Waals surface area contributed by atoms with E-state index in [1.165, 1.54) is 0 Å². The third-order valence-corrected chi connectivity index (χ3v) is 2.23. The van der Waals surface area contributed by atoms with Crippen LogP contribution >= 0.6 is 0 Å². The highest BCUT2D eigenvalue weighted by molar-refractivity contribution is 5.98. The van der Waals surface area contributed by atoms with E-state index in [1.807, 2.05) is 0 Å². The molecule has 0 spiro atoms. The Labute approximate surface area is 75.9 Å². The second-order valence-corrected chi connectivity index (χ2v) is 3.13. The Hall–Kier alpha value is -1.32. The number of carbonyl (C=O) groups is 2. The largest absolute Gasteiger partial charge is 0.478 e. The third kappa shape index (κ3) is 2.31. The average Bonchev–Trinajstić information content (AvgIpc) is 2.27. The summed E-state index contributed by atoms with van der Waals surface area (Å²) in [6.45, 7) is 0. The first-order valence-corrected chi connectivity index (χ1v) is 4.31. The summed E-state index contributed by atoms with van der Waals surface area (Å²) in [5, 5.41) is 17.5. The standard InChI is InChI=1S/C9H12O4/c10-8(11)6-4-2-1-3-5-7(6)9(12)13/h1-5H2,(H,10,11)(H,12,13). The van der Waals surface area contributed by atoms with Gasteiger partial charge >= 0.3 is 11.9 Å². The van der Waals surface area contributed by atoms with Crippen LogP contribution in [0.4, 0.5) is 0 Å². The van der Waals surface area contributed by atoms with E-state index in [2.05, 4.69) is 0 Å². The zero-order valence-corrected chi connectivity index (χ0v) is 7.25. The smallest absolute Gasteiger partial charge is 0.332 e. The Morgan fingerprint density at radius 1 is 0.846 bits per heavy atom. The van der Waals surface area contributed by atoms with Crippen molar-refractivity contribution in [3.05, 3.63) is 11.1 Å². The minimum Gasteiger partial charge on any atom is -0.478 e. The van der Waals surface area contributed by atoms with Crippen molar-refractivity contribution in [2.24, 2.45) is 0 Å². The maximum Gasteiger partial charge on any atom is 0.332 e. The Kier molecular flexibility index (Phi) is 3.06. The van der Waals surface area contributed by atoms with Gasteiger partial charge in [-0.1, -0.05) is 6.42 Å². The first kappa shape index (κ1) is 9.77. The van der Waals surface area contributed by atoms with Crippen molar-refractivity contribution in [1.29, 1.82) is 0 Å². The van der Waals surface area contributed by atoms with Crippen LogP contribution in [0.1, 0.15) is 32.1 Å². The average molecular weight is 184 g/mol. The fourth-order valence-electron chi connectivity index (χ4n) is 1.55. The van der Waals surface area contributed by atoms with E-state index in [0.29, 0.717) is 12.8 Å². The Balaban J connectivity index is 2.99. The summed E-state index contributed by atoms with van der Waals surface area (Å²) in [4.78, 5) is 21.4. The predicted octanol–water partition coefficient (Wildman–Crippen LogP) is 1.42. The Morgan fingerprint density at radius 2 is 1.23 bits per heavy atom. The molecular weight excluding hydrogens is 172 g/mol. The SMILES string of the molecule is O=C(O)C1=C(C(=O)O)CCCCC1. The van der Waals surface area contributed by atoms with E-state index in [1.54, 1.807) is 0 Å². The third-order valence-electron chi connectivity index (χ3n) is 2.23. The van der Waals surface area contributed by atoms with Gasteiger partial charge in [0.15, 0.2) is 0 Å². The van der Waals surface area contributed by atoms with Crippen molar-refractivity contribution in [3.8, 4) is 0 Å². The number of carboxylic acid groups (broad SMARTS) is 2. The summed E-state index contributed by atoms with van der Waals surface area (Å²) < 4.78 is 0. The highest BCUT2D eigenvalue weighted by Gasteiger charge is 2.21. The van der Waals surface area contributed by atoms with E-state index >= 15 is 0 Å². The minimum absolute atomic E-state index is 0.0880. The number of hydrogen-bond donors (Lipinski definition) is 2. The van der Waals surface area contributed by atoms with Gasteiger partial charge in [0.25, 0.3) is 0 Å². The molecule has 0 aliphatic heterocycles. The lowest BCUT2D eigenvalue weighted by molar-refractivity contribution is -0.136. The van der Waals surface area contributed by atoms with Gasteiger partial charge in [0, 0.05) is 11.1 Å². The number of carboxylic acids is 2. The fraction of sp³-hybridized carbons (Fsp3) is 0.556. The fourth-order valence-corrected chi connectivity index (χ4v) is 1.55. The second-order valence-electron chi connectivity index (χ2n) is 3.13. The highest BCUT2D eigenvalue weighted by atomic mass is 16.4. The molecule has 0 heterocycles. The molecule has 0 bridgehead atoms. The Morgan fingerprint density at radius 3 is 1.54 bits per heavy atom. The number of hydrogen-bond acceptors (Lipinski definition) is 2. The predicted molar refractivity (Wildman–Crippen MR) is 45.4 cm³/mol. The van der Waals surface area contributed by atoms with Crippen LogP contribution in [0.2, 0.25) is 0 Å². The molecule has 2 N–H and O–H groups in total. The van der Waals surface area contributed by atoms with E-state index in [4.69, 9.17) is 10.2 Å². The van der Waals surface area contributed by atoms with Crippen LogP contribution in [0.25, 0.3) is 0 Å². The molecule has 1 rings (SSSR count). The van der Waals surface area contributed by atoms with Crippen LogP contribution in [-0.4, -0.2) is 22.2 Å². The summed E-state index contributed by atoms with van der Waals surface area (Å²) in [5.74, 6) is -2.17. The van der Waals surface area contributed by atoms with Gasteiger partial charge in [-0.15, -0.1) is 0 Å². The van der Waals surface area contributed by atoms with Crippen molar-refractivity contribution in [1.82, 2.24) is 0 Å². The molecule has 1 aliphatic rings. The van der Waals surface area contributed by atoms with Crippen molar-refractivity contribution in [3.63, 3.8) is 0 Å². The van der Waals surface area contributed by atoms with E-state index < -0.39 is 11.9 Å². The molecule has 0 saturated heterocycles. The summed E-state index contributed by atoms with van der Waals surface area (Å²) >= 11 is 0. The molecular formula is C9H12O4. The molecule has 4 heteroatoms. The van der Waals surface area contributed by atoms with Crippen molar-refractivity contribution in [2.45, 2.75) is 32.1 Å². The molecule has 13 heavy (non-hydrogen) atoms. The molecule has 0 radical (unpaired) electrons. The molecule has 0 aromatic heterocycles. The molecule has 72 valence electrons. The van der Waals surface area contributed by atoms with Crippen LogP contribution in [0, 0.1) is 0 Å². The van der Waals surface area contributed by atoms with Crippen LogP contribution in [0.15, 0.2) is 11.1 Å². The molecule has 0 aromatic rings. The summed E-state index contributed by atoms with van der Waals surface area (Å²) in [6, 6.07) is 0. The molecule has 0 saturated carbocycles. The maximum absolute atomic E-state index is 10.7. The monoisotopic (exact) mass is 184 g/mol. The van der Waals surface area contributed by atoms with Gasteiger partial charge < -0.3 is 10.2 Å². The molecule has 0 aromatic carbocycles. The van der Waals surface area contributed by atoms with Crippen molar-refractivity contribution >= 4 is 11.9 Å². The Bertz CT molecular complexity index is 239. The minimum atomic E-state index is -1.08. The molecule has 0 amide bonds. The number of rotatable bonds is 2. The molecule has 0 unspecified atom stereocenters. The summed E-state index contributed by atoms with van der Waals surface area (Å²) in [7, 11) is 0. The second kappa shape index (κ2) is 4.07. The van der Waals surface area contributed by atoms with E-state index in [9.17, 15) is 9.59 Å². The van der Waals surface area contributed by atoms with Crippen LogP contribution in [-0.2, 0) is 9.59 Å². The highest BCUT2D eigenvalue weighted by Crippen LogP contribution is 2.23. The van der Waals surface area contributed by atoms with Crippen molar-refractivity contribution < 1.29 is 19.8 Å². The van der Waals surface area contributed by atoms with Crippen LogP contribution < -0.4 is 0 Å².